The molecule has 0 aliphatic heterocycles. The van der Waals surface area contributed by atoms with E-state index >= 15 is 0 Å². The average molecular weight is 411 g/mol. The van der Waals surface area contributed by atoms with E-state index in [4.69, 9.17) is 21.4 Å². The Morgan fingerprint density at radius 1 is 0.893 bits per heavy atom. The fourth-order valence-electron chi connectivity index (χ4n) is 2.91. The van der Waals surface area contributed by atoms with Crippen molar-refractivity contribution < 1.29 is 30.3 Å². The molecule has 0 heterocycles. The van der Waals surface area contributed by atoms with Crippen molar-refractivity contribution >= 4 is 11.6 Å². The van der Waals surface area contributed by atoms with Gasteiger partial charge < -0.3 is 30.3 Å². The number of hydrogen-bond donors (Lipinski definition) is 5. The molecule has 2 rings (SSSR count). The molecule has 0 unspecified atom stereocenters. The molecule has 0 spiro atoms. The molecule has 6 nitrogen and oxygen atoms in total. The van der Waals surface area contributed by atoms with Gasteiger partial charge >= 0.3 is 0 Å². The third-order valence-electron chi connectivity index (χ3n) is 4.51. The van der Waals surface area contributed by atoms with Crippen LogP contribution in [0.5, 0.6) is 5.75 Å². The Hall–Kier alpha value is -1.67. The van der Waals surface area contributed by atoms with E-state index in [0.29, 0.717) is 18.1 Å². The van der Waals surface area contributed by atoms with Crippen LogP contribution in [0.25, 0.3) is 0 Å². The molecule has 5 N–H and O–H groups in total. The van der Waals surface area contributed by atoms with Gasteiger partial charge in [-0.25, -0.2) is 0 Å². The Morgan fingerprint density at radius 2 is 1.50 bits per heavy atom. The monoisotopic (exact) mass is 410 g/mol. The Kier molecular flexibility index (Phi) is 8.69. The number of aliphatic hydroxyl groups excluding tert-OH is 5. The van der Waals surface area contributed by atoms with Crippen molar-refractivity contribution in [2.45, 2.75) is 44.2 Å². The summed E-state index contributed by atoms with van der Waals surface area (Å²) >= 11 is 6.30. The van der Waals surface area contributed by atoms with Crippen LogP contribution in [0.3, 0.4) is 0 Å². The maximum atomic E-state index is 10.2. The van der Waals surface area contributed by atoms with Crippen LogP contribution in [-0.2, 0) is 12.8 Å². The number of rotatable bonds is 10. The maximum absolute atomic E-state index is 10.2. The van der Waals surface area contributed by atoms with Crippen LogP contribution >= 0.6 is 11.6 Å². The highest BCUT2D eigenvalue weighted by atomic mass is 35.5. The zero-order valence-corrected chi connectivity index (χ0v) is 16.5. The molecule has 0 aliphatic rings. The predicted octanol–water partition coefficient (Wildman–Crippen LogP) is 1.31. The normalized spacial score (nSPS) is 15.7. The number of benzene rings is 2. The Bertz CT molecular complexity index is 736. The van der Waals surface area contributed by atoms with E-state index in [2.05, 4.69) is 0 Å². The molecule has 0 saturated carbocycles. The summed E-state index contributed by atoms with van der Waals surface area (Å²) in [5.41, 5.74) is 2.63. The number of ether oxygens (including phenoxy) is 1. The molecule has 154 valence electrons. The predicted molar refractivity (Wildman–Crippen MR) is 107 cm³/mol. The minimum atomic E-state index is -1.64. The molecular formula is C21H27ClO6. The lowest BCUT2D eigenvalue weighted by atomic mass is 9.95. The second-order valence-corrected chi connectivity index (χ2v) is 7.09. The summed E-state index contributed by atoms with van der Waals surface area (Å²) in [6.45, 7) is 1.82. The Labute approximate surface area is 169 Å². The smallest absolute Gasteiger partial charge is 0.119 e. The first-order valence-corrected chi connectivity index (χ1v) is 9.55. The van der Waals surface area contributed by atoms with E-state index in [1.165, 1.54) is 0 Å². The minimum absolute atomic E-state index is 0.0593. The first-order chi connectivity index (χ1) is 13.3. The van der Waals surface area contributed by atoms with Crippen LogP contribution in [0.2, 0.25) is 5.02 Å². The van der Waals surface area contributed by atoms with Crippen LogP contribution in [0, 0.1) is 0 Å². The Balaban J connectivity index is 2.07. The lowest BCUT2D eigenvalue weighted by Gasteiger charge is -2.25. The van der Waals surface area contributed by atoms with Gasteiger partial charge in [-0.05, 0) is 48.2 Å². The highest BCUT2D eigenvalue weighted by Gasteiger charge is 2.30. The van der Waals surface area contributed by atoms with Crippen LogP contribution in [0.1, 0.15) is 23.6 Å². The third-order valence-corrected chi connectivity index (χ3v) is 4.88. The van der Waals surface area contributed by atoms with Crippen LogP contribution in [-0.4, -0.2) is 63.2 Å². The lowest BCUT2D eigenvalue weighted by molar-refractivity contribution is -0.114. The van der Waals surface area contributed by atoms with E-state index < -0.39 is 31.0 Å². The molecule has 0 saturated heterocycles. The van der Waals surface area contributed by atoms with Gasteiger partial charge in [0.05, 0.1) is 19.3 Å². The van der Waals surface area contributed by atoms with Gasteiger partial charge in [-0.1, -0.05) is 35.9 Å². The van der Waals surface area contributed by atoms with E-state index in [1.807, 2.05) is 37.3 Å². The van der Waals surface area contributed by atoms with Crippen LogP contribution < -0.4 is 4.74 Å². The molecule has 2 aromatic carbocycles. The summed E-state index contributed by atoms with van der Waals surface area (Å²) < 4.78 is 5.43. The summed E-state index contributed by atoms with van der Waals surface area (Å²) in [4.78, 5) is 0. The first-order valence-electron chi connectivity index (χ1n) is 9.17. The van der Waals surface area contributed by atoms with Crippen molar-refractivity contribution in [1.29, 1.82) is 0 Å². The summed E-state index contributed by atoms with van der Waals surface area (Å²) in [5, 5.41) is 48.7. The molecule has 4 atom stereocenters. The van der Waals surface area contributed by atoms with Crippen molar-refractivity contribution in [2.75, 3.05) is 13.2 Å². The maximum Gasteiger partial charge on any atom is 0.119 e. The number of hydrogen-bond acceptors (Lipinski definition) is 6. The summed E-state index contributed by atoms with van der Waals surface area (Å²) in [5.74, 6) is 0.798. The van der Waals surface area contributed by atoms with E-state index in [1.54, 1.807) is 12.1 Å². The van der Waals surface area contributed by atoms with Crippen LogP contribution in [0.15, 0.2) is 42.5 Å². The topological polar surface area (TPSA) is 110 Å². The average Bonchev–Trinajstić information content (AvgIpc) is 2.70. The van der Waals surface area contributed by atoms with E-state index in [9.17, 15) is 20.4 Å². The van der Waals surface area contributed by atoms with Crippen molar-refractivity contribution in [2.24, 2.45) is 0 Å². The number of halogens is 1. The zero-order valence-electron chi connectivity index (χ0n) is 15.7. The fourth-order valence-corrected chi connectivity index (χ4v) is 3.09. The van der Waals surface area contributed by atoms with Crippen LogP contribution in [0.4, 0.5) is 0 Å². The van der Waals surface area contributed by atoms with Gasteiger partial charge in [0.15, 0.2) is 0 Å². The molecule has 0 aromatic heterocycles. The van der Waals surface area contributed by atoms with E-state index in [-0.39, 0.29) is 6.42 Å². The molecule has 7 heteroatoms. The van der Waals surface area contributed by atoms with Crippen molar-refractivity contribution in [3.8, 4) is 5.75 Å². The van der Waals surface area contributed by atoms with Crippen molar-refractivity contribution in [3.63, 3.8) is 0 Å². The second-order valence-electron chi connectivity index (χ2n) is 6.68. The molecule has 0 aliphatic carbocycles. The van der Waals surface area contributed by atoms with Gasteiger partial charge in [-0.15, -0.1) is 0 Å². The standard InChI is InChI=1S/C21H27ClO6/c1-2-28-16-6-3-13(4-7-16)9-15-10-14(5-8-17(15)22)11-18(24)20(26)21(27)19(25)12-23/h3-8,10,18-21,23-27H,2,9,11-12H2,1H3/t18-,19-,20+,21+/m0/s1. The van der Waals surface area contributed by atoms with Gasteiger partial charge in [0.25, 0.3) is 0 Å². The van der Waals surface area contributed by atoms with Crippen molar-refractivity contribution in [3.05, 3.63) is 64.2 Å². The third kappa shape index (κ3) is 6.17. The molecule has 28 heavy (non-hydrogen) atoms. The molecule has 2 aromatic rings. The number of aliphatic hydroxyl groups is 5. The first kappa shape index (κ1) is 22.6. The largest absolute Gasteiger partial charge is 0.494 e. The van der Waals surface area contributed by atoms with Gasteiger partial charge in [0, 0.05) is 11.4 Å². The fraction of sp³-hybridized carbons (Fsp3) is 0.429. The van der Waals surface area contributed by atoms with Crippen molar-refractivity contribution in [1.82, 2.24) is 0 Å². The zero-order chi connectivity index (χ0) is 20.7. The molecule has 0 radical (unpaired) electrons. The Morgan fingerprint density at radius 3 is 2.11 bits per heavy atom. The summed E-state index contributed by atoms with van der Waals surface area (Å²) in [6, 6.07) is 13.0. The molecule has 0 bridgehead atoms. The summed E-state index contributed by atoms with van der Waals surface area (Å²) in [6.07, 6.45) is -5.42. The lowest BCUT2D eigenvalue weighted by Crippen LogP contribution is -2.46. The highest BCUT2D eigenvalue weighted by Crippen LogP contribution is 2.23. The van der Waals surface area contributed by atoms with Gasteiger partial charge in [0.2, 0.25) is 0 Å². The van der Waals surface area contributed by atoms with Gasteiger partial charge in [-0.3, -0.25) is 0 Å². The van der Waals surface area contributed by atoms with E-state index in [0.717, 1.165) is 22.4 Å². The summed E-state index contributed by atoms with van der Waals surface area (Å²) in [7, 11) is 0. The molecule has 0 amide bonds. The molecular weight excluding hydrogens is 384 g/mol. The SMILES string of the molecule is CCOc1ccc(Cc2cc(C[C@H](O)[C@@H](O)[C@H](O)[C@@H](O)CO)ccc2Cl)cc1. The quantitative estimate of drug-likeness (QED) is 0.404. The second kappa shape index (κ2) is 10.8. The molecule has 0 fully saturated rings. The van der Waals surface area contributed by atoms with Gasteiger partial charge in [0.1, 0.15) is 24.1 Å². The van der Waals surface area contributed by atoms with Gasteiger partial charge in [-0.2, -0.15) is 0 Å². The highest BCUT2D eigenvalue weighted by molar-refractivity contribution is 6.31. The minimum Gasteiger partial charge on any atom is -0.494 e.